The van der Waals surface area contributed by atoms with Gasteiger partial charge < -0.3 is 10.2 Å². The van der Waals surface area contributed by atoms with Crippen LogP contribution in [0.3, 0.4) is 0 Å². The van der Waals surface area contributed by atoms with Crippen LogP contribution in [0.15, 0.2) is 30.3 Å². The van der Waals surface area contributed by atoms with E-state index in [-0.39, 0.29) is 24.1 Å². The Labute approximate surface area is 159 Å². The number of hydrogen-bond donors (Lipinski definition) is 1. The van der Waals surface area contributed by atoms with Crippen LogP contribution in [-0.2, 0) is 6.42 Å². The predicted octanol–water partition coefficient (Wildman–Crippen LogP) is 4.86. The van der Waals surface area contributed by atoms with Gasteiger partial charge in [-0.15, -0.1) is 0 Å². The second kappa shape index (κ2) is 8.58. The van der Waals surface area contributed by atoms with Gasteiger partial charge in [-0.25, -0.2) is 26.7 Å². The van der Waals surface area contributed by atoms with Crippen LogP contribution >= 0.6 is 0 Å². The summed E-state index contributed by atoms with van der Waals surface area (Å²) in [7, 11) is 0. The third-order valence-electron chi connectivity index (χ3n) is 4.87. The van der Waals surface area contributed by atoms with Crippen molar-refractivity contribution >= 4 is 6.03 Å². The minimum Gasteiger partial charge on any atom is -0.338 e. The third-order valence-corrected chi connectivity index (χ3v) is 4.87. The fourth-order valence-electron chi connectivity index (χ4n) is 3.43. The zero-order valence-corrected chi connectivity index (χ0v) is 15.0. The van der Waals surface area contributed by atoms with Gasteiger partial charge in [-0.05, 0) is 43.4 Å². The van der Waals surface area contributed by atoms with E-state index >= 15 is 0 Å². The monoisotopic (exact) mass is 398 g/mol. The molecule has 1 unspecified atom stereocenters. The molecule has 1 saturated heterocycles. The van der Waals surface area contributed by atoms with Crippen LogP contribution in [0.4, 0.5) is 26.7 Å². The van der Waals surface area contributed by atoms with Crippen LogP contribution < -0.4 is 5.32 Å². The van der Waals surface area contributed by atoms with Crippen molar-refractivity contribution in [2.24, 2.45) is 0 Å². The van der Waals surface area contributed by atoms with Gasteiger partial charge >= 0.3 is 6.03 Å². The Balaban J connectivity index is 1.66. The number of urea groups is 1. The summed E-state index contributed by atoms with van der Waals surface area (Å²) in [6, 6.07) is 4.20. The number of likely N-dealkylation sites (tertiary alicyclic amines) is 1. The maximum absolute atomic E-state index is 14.2. The number of halogens is 5. The zero-order chi connectivity index (χ0) is 20.3. The molecule has 2 amide bonds. The Morgan fingerprint density at radius 3 is 2.54 bits per heavy atom. The molecule has 1 aliphatic heterocycles. The minimum absolute atomic E-state index is 0.00402. The van der Waals surface area contributed by atoms with Gasteiger partial charge in [0.1, 0.15) is 11.6 Å². The van der Waals surface area contributed by atoms with Gasteiger partial charge in [0.05, 0.1) is 6.04 Å². The summed E-state index contributed by atoms with van der Waals surface area (Å²) in [6.45, 7) is 0.392. The van der Waals surface area contributed by atoms with E-state index in [4.69, 9.17) is 0 Å². The second-order valence-electron chi connectivity index (χ2n) is 6.69. The molecule has 1 aliphatic rings. The van der Waals surface area contributed by atoms with Crippen LogP contribution in [0.25, 0.3) is 0 Å². The number of carbonyl (C=O) groups excluding carboxylic acids is 1. The van der Waals surface area contributed by atoms with Gasteiger partial charge in [0, 0.05) is 24.7 Å². The highest BCUT2D eigenvalue weighted by molar-refractivity contribution is 5.75. The highest BCUT2D eigenvalue weighted by Crippen LogP contribution is 2.32. The van der Waals surface area contributed by atoms with Crippen molar-refractivity contribution in [2.75, 3.05) is 13.1 Å². The Hall–Kier alpha value is -2.64. The number of nitrogens with one attached hydrogen (secondary N) is 1. The van der Waals surface area contributed by atoms with Crippen LogP contribution in [0.5, 0.6) is 0 Å². The van der Waals surface area contributed by atoms with Crippen LogP contribution in [-0.4, -0.2) is 24.0 Å². The van der Waals surface area contributed by atoms with Crippen molar-refractivity contribution in [1.82, 2.24) is 10.2 Å². The summed E-state index contributed by atoms with van der Waals surface area (Å²) in [6.07, 6.45) is 2.04. The molecule has 0 radical (unpaired) electrons. The molecule has 0 aromatic heterocycles. The fourth-order valence-corrected chi connectivity index (χ4v) is 3.43. The van der Waals surface area contributed by atoms with Crippen molar-refractivity contribution in [1.29, 1.82) is 0 Å². The first-order valence-corrected chi connectivity index (χ1v) is 9.00. The van der Waals surface area contributed by atoms with E-state index in [0.29, 0.717) is 13.0 Å². The number of piperidine rings is 1. The van der Waals surface area contributed by atoms with Crippen LogP contribution in [0.1, 0.15) is 36.4 Å². The first kappa shape index (κ1) is 20.1. The number of nitrogens with zero attached hydrogens (tertiary/aromatic N) is 1. The van der Waals surface area contributed by atoms with Gasteiger partial charge in [0.25, 0.3) is 0 Å². The Morgan fingerprint density at radius 1 is 1.00 bits per heavy atom. The molecule has 0 spiro atoms. The first-order chi connectivity index (χ1) is 13.4. The number of carbonyl (C=O) groups is 1. The predicted molar refractivity (Wildman–Crippen MR) is 93.1 cm³/mol. The Morgan fingerprint density at radius 2 is 1.79 bits per heavy atom. The maximum Gasteiger partial charge on any atom is 0.317 e. The molecule has 0 bridgehead atoms. The van der Waals surface area contributed by atoms with E-state index in [1.54, 1.807) is 0 Å². The van der Waals surface area contributed by atoms with Crippen molar-refractivity contribution in [3.05, 3.63) is 70.5 Å². The van der Waals surface area contributed by atoms with E-state index in [1.807, 2.05) is 0 Å². The molecule has 1 N–H and O–H groups in total. The molecule has 0 aliphatic carbocycles. The normalized spacial score (nSPS) is 16.9. The smallest absolute Gasteiger partial charge is 0.317 e. The largest absolute Gasteiger partial charge is 0.338 e. The van der Waals surface area contributed by atoms with Crippen molar-refractivity contribution in [3.63, 3.8) is 0 Å². The Bertz CT molecular complexity index is 874. The van der Waals surface area contributed by atoms with Crippen molar-refractivity contribution in [3.8, 4) is 0 Å². The first-order valence-electron chi connectivity index (χ1n) is 9.00. The fraction of sp³-hybridized carbons (Fsp3) is 0.350. The number of amides is 2. The topological polar surface area (TPSA) is 32.3 Å². The SMILES string of the molecule is O=C(NCCc1ccc(F)c(F)c1F)N1CCCCC1c1ccc(F)cc1F. The van der Waals surface area contributed by atoms with Crippen molar-refractivity contribution in [2.45, 2.75) is 31.7 Å². The molecule has 3 rings (SSSR count). The molecule has 2 aromatic carbocycles. The van der Waals surface area contributed by atoms with E-state index in [2.05, 4.69) is 5.32 Å². The number of hydrogen-bond acceptors (Lipinski definition) is 1. The average Bonchev–Trinajstić information content (AvgIpc) is 2.68. The molecule has 3 nitrogen and oxygen atoms in total. The van der Waals surface area contributed by atoms with Gasteiger partial charge in [-0.3, -0.25) is 0 Å². The van der Waals surface area contributed by atoms with Gasteiger partial charge in [0.15, 0.2) is 17.5 Å². The summed E-state index contributed by atoms with van der Waals surface area (Å²) >= 11 is 0. The maximum atomic E-state index is 14.2. The lowest BCUT2D eigenvalue weighted by molar-refractivity contribution is 0.150. The van der Waals surface area contributed by atoms with E-state index in [1.165, 1.54) is 11.0 Å². The standard InChI is InChI=1S/C20H19F5N2O/c21-13-5-6-14(16(23)11-13)17-3-1-2-10-27(17)20(28)26-9-8-12-4-7-15(22)19(25)18(12)24/h4-7,11,17H,1-3,8-10H2,(H,26,28). The van der Waals surface area contributed by atoms with Gasteiger partial charge in [-0.1, -0.05) is 12.1 Å². The van der Waals surface area contributed by atoms with Crippen LogP contribution in [0.2, 0.25) is 0 Å². The summed E-state index contributed by atoms with van der Waals surface area (Å²) in [5.41, 5.74) is 0.182. The van der Waals surface area contributed by atoms with E-state index in [0.717, 1.165) is 37.1 Å². The summed E-state index contributed by atoms with van der Waals surface area (Å²) < 4.78 is 67.3. The number of benzene rings is 2. The highest BCUT2D eigenvalue weighted by Gasteiger charge is 2.29. The summed E-state index contributed by atoms with van der Waals surface area (Å²) in [4.78, 5) is 14.0. The quantitative estimate of drug-likeness (QED) is 0.579. The lowest BCUT2D eigenvalue weighted by Gasteiger charge is -2.36. The molecular formula is C20H19F5N2O. The molecule has 8 heteroatoms. The molecule has 150 valence electrons. The summed E-state index contributed by atoms with van der Waals surface area (Å²) in [5, 5.41) is 2.60. The molecule has 1 fully saturated rings. The van der Waals surface area contributed by atoms with Crippen LogP contribution in [0, 0.1) is 29.1 Å². The second-order valence-corrected chi connectivity index (χ2v) is 6.69. The zero-order valence-electron chi connectivity index (χ0n) is 15.0. The lowest BCUT2D eigenvalue weighted by atomic mass is 9.95. The Kier molecular flexibility index (Phi) is 6.16. The lowest BCUT2D eigenvalue weighted by Crippen LogP contribution is -2.45. The summed E-state index contributed by atoms with van der Waals surface area (Å²) in [5.74, 6) is -5.51. The third kappa shape index (κ3) is 4.26. The average molecular weight is 398 g/mol. The molecule has 28 heavy (non-hydrogen) atoms. The van der Waals surface area contributed by atoms with E-state index in [9.17, 15) is 26.7 Å². The minimum atomic E-state index is -1.55. The van der Waals surface area contributed by atoms with E-state index < -0.39 is 41.2 Å². The number of rotatable bonds is 4. The molecule has 2 aromatic rings. The van der Waals surface area contributed by atoms with Gasteiger partial charge in [0.2, 0.25) is 0 Å². The molecule has 1 heterocycles. The molecular weight excluding hydrogens is 379 g/mol. The molecule has 1 atom stereocenters. The highest BCUT2D eigenvalue weighted by atomic mass is 19.2. The molecule has 0 saturated carbocycles. The van der Waals surface area contributed by atoms with Gasteiger partial charge in [-0.2, -0.15) is 0 Å². The van der Waals surface area contributed by atoms with Crippen molar-refractivity contribution < 1.29 is 26.7 Å².